The highest BCUT2D eigenvalue weighted by molar-refractivity contribution is 6.32. The summed E-state index contributed by atoms with van der Waals surface area (Å²) in [6.45, 7) is 0.779. The van der Waals surface area contributed by atoms with Gasteiger partial charge >= 0.3 is 0 Å². The van der Waals surface area contributed by atoms with Gasteiger partial charge in [-0.25, -0.2) is 0 Å². The van der Waals surface area contributed by atoms with Crippen LogP contribution in [-0.4, -0.2) is 36.5 Å². The van der Waals surface area contributed by atoms with Crippen LogP contribution in [0, 0.1) is 10.1 Å². The number of nitrogens with zero attached hydrogens (tertiary/aromatic N) is 1. The van der Waals surface area contributed by atoms with E-state index >= 15 is 0 Å². The van der Waals surface area contributed by atoms with Gasteiger partial charge in [-0.05, 0) is 6.07 Å². The maximum absolute atomic E-state index is 10.5. The number of nitro benzene ring substituents is 1. The highest BCUT2D eigenvalue weighted by Crippen LogP contribution is 2.28. The molecule has 0 aliphatic heterocycles. The SMILES string of the molecule is O=[N+]([O-])c1ccc(OCCOCCO)c(Cl)c1. The Kier molecular flexibility index (Phi) is 5.68. The van der Waals surface area contributed by atoms with Crippen molar-refractivity contribution in [2.24, 2.45) is 0 Å². The fraction of sp³-hybridized carbons (Fsp3) is 0.400. The second kappa shape index (κ2) is 7.05. The largest absolute Gasteiger partial charge is 0.490 e. The van der Waals surface area contributed by atoms with E-state index in [0.717, 1.165) is 0 Å². The number of halogens is 1. The van der Waals surface area contributed by atoms with Crippen LogP contribution in [0.4, 0.5) is 5.69 Å². The summed E-state index contributed by atoms with van der Waals surface area (Å²) in [5, 5.41) is 19.1. The predicted molar refractivity (Wildman–Crippen MR) is 61.5 cm³/mol. The number of ether oxygens (including phenoxy) is 2. The van der Waals surface area contributed by atoms with E-state index in [2.05, 4.69) is 0 Å². The van der Waals surface area contributed by atoms with Crippen LogP contribution in [-0.2, 0) is 4.74 Å². The van der Waals surface area contributed by atoms with Crippen molar-refractivity contribution < 1.29 is 19.5 Å². The average Bonchev–Trinajstić information content (AvgIpc) is 2.30. The Labute approximate surface area is 103 Å². The molecule has 0 radical (unpaired) electrons. The quantitative estimate of drug-likeness (QED) is 0.458. The molecule has 94 valence electrons. The Morgan fingerprint density at radius 3 is 2.71 bits per heavy atom. The molecule has 7 heteroatoms. The highest BCUT2D eigenvalue weighted by atomic mass is 35.5. The van der Waals surface area contributed by atoms with Crippen molar-refractivity contribution in [1.82, 2.24) is 0 Å². The summed E-state index contributed by atoms with van der Waals surface area (Å²) in [6.07, 6.45) is 0. The summed E-state index contributed by atoms with van der Waals surface area (Å²) in [4.78, 5) is 9.93. The molecule has 0 fully saturated rings. The summed E-state index contributed by atoms with van der Waals surface area (Å²) in [6, 6.07) is 3.98. The monoisotopic (exact) mass is 261 g/mol. The Balaban J connectivity index is 2.46. The van der Waals surface area contributed by atoms with Crippen molar-refractivity contribution in [3.8, 4) is 5.75 Å². The third-order valence-electron chi connectivity index (χ3n) is 1.85. The molecule has 0 amide bonds. The van der Waals surface area contributed by atoms with Crippen molar-refractivity contribution in [1.29, 1.82) is 0 Å². The topological polar surface area (TPSA) is 81.8 Å². The van der Waals surface area contributed by atoms with Crippen molar-refractivity contribution in [3.05, 3.63) is 33.3 Å². The first-order chi connectivity index (χ1) is 8.15. The number of benzene rings is 1. The van der Waals surface area contributed by atoms with Gasteiger partial charge in [-0.15, -0.1) is 0 Å². The lowest BCUT2D eigenvalue weighted by molar-refractivity contribution is -0.384. The zero-order valence-electron chi connectivity index (χ0n) is 8.97. The highest BCUT2D eigenvalue weighted by Gasteiger charge is 2.09. The third-order valence-corrected chi connectivity index (χ3v) is 2.14. The standard InChI is InChI=1S/C10H12ClNO5/c11-9-7-8(12(14)15)1-2-10(9)17-6-5-16-4-3-13/h1-2,7,13H,3-6H2. The number of hydrogen-bond acceptors (Lipinski definition) is 5. The molecule has 0 aliphatic carbocycles. The van der Waals surface area contributed by atoms with Crippen LogP contribution in [0.25, 0.3) is 0 Å². The van der Waals surface area contributed by atoms with E-state index in [1.807, 2.05) is 0 Å². The molecular formula is C10H12ClNO5. The van der Waals surface area contributed by atoms with E-state index in [4.69, 9.17) is 26.2 Å². The first kappa shape index (κ1) is 13.7. The Morgan fingerprint density at radius 2 is 2.12 bits per heavy atom. The third kappa shape index (κ3) is 4.56. The van der Waals surface area contributed by atoms with Crippen molar-refractivity contribution in [2.75, 3.05) is 26.4 Å². The second-order valence-corrected chi connectivity index (χ2v) is 3.46. The lowest BCUT2D eigenvalue weighted by Crippen LogP contribution is -2.09. The molecule has 1 N–H and O–H groups in total. The van der Waals surface area contributed by atoms with Crippen LogP contribution in [0.5, 0.6) is 5.75 Å². The first-order valence-electron chi connectivity index (χ1n) is 4.90. The lowest BCUT2D eigenvalue weighted by Gasteiger charge is -2.07. The molecule has 0 saturated heterocycles. The number of aliphatic hydroxyl groups is 1. The van der Waals surface area contributed by atoms with Crippen LogP contribution in [0.1, 0.15) is 0 Å². The van der Waals surface area contributed by atoms with Crippen LogP contribution in [0.2, 0.25) is 5.02 Å². The van der Waals surface area contributed by atoms with Crippen molar-refractivity contribution in [2.45, 2.75) is 0 Å². The summed E-state index contributed by atoms with van der Waals surface area (Å²) in [5.74, 6) is 0.366. The fourth-order valence-corrected chi connectivity index (χ4v) is 1.33. The summed E-state index contributed by atoms with van der Waals surface area (Å²) >= 11 is 5.80. The van der Waals surface area contributed by atoms with Gasteiger partial charge in [-0.2, -0.15) is 0 Å². The van der Waals surface area contributed by atoms with E-state index in [1.165, 1.54) is 18.2 Å². The number of nitro groups is 1. The second-order valence-electron chi connectivity index (χ2n) is 3.06. The number of aliphatic hydroxyl groups excluding tert-OH is 1. The molecule has 17 heavy (non-hydrogen) atoms. The minimum Gasteiger partial charge on any atom is -0.490 e. The van der Waals surface area contributed by atoms with Crippen LogP contribution >= 0.6 is 11.6 Å². The van der Waals surface area contributed by atoms with Gasteiger partial charge in [-0.1, -0.05) is 11.6 Å². The maximum atomic E-state index is 10.5. The van der Waals surface area contributed by atoms with Crippen LogP contribution < -0.4 is 4.74 Å². The van der Waals surface area contributed by atoms with E-state index in [-0.39, 0.29) is 30.5 Å². The molecule has 0 saturated carbocycles. The van der Waals surface area contributed by atoms with E-state index in [1.54, 1.807) is 0 Å². The molecule has 1 rings (SSSR count). The van der Waals surface area contributed by atoms with Gasteiger partial charge in [0.25, 0.3) is 5.69 Å². The lowest BCUT2D eigenvalue weighted by atomic mass is 10.3. The predicted octanol–water partition coefficient (Wildman–Crippen LogP) is 1.64. The molecule has 1 aromatic rings. The molecule has 0 heterocycles. The molecule has 0 bridgehead atoms. The van der Waals surface area contributed by atoms with Gasteiger partial charge < -0.3 is 14.6 Å². The van der Waals surface area contributed by atoms with Gasteiger partial charge in [0.15, 0.2) is 0 Å². The molecule has 0 aromatic heterocycles. The molecule has 0 atom stereocenters. The van der Waals surface area contributed by atoms with E-state index in [0.29, 0.717) is 12.4 Å². The first-order valence-corrected chi connectivity index (χ1v) is 5.28. The van der Waals surface area contributed by atoms with Gasteiger partial charge in [-0.3, -0.25) is 10.1 Å². The smallest absolute Gasteiger partial charge is 0.271 e. The Bertz CT molecular complexity index is 385. The minimum absolute atomic E-state index is 0.0434. The van der Waals surface area contributed by atoms with Crippen molar-refractivity contribution >= 4 is 17.3 Å². The van der Waals surface area contributed by atoms with E-state index in [9.17, 15) is 10.1 Å². The molecular weight excluding hydrogens is 250 g/mol. The molecule has 0 aliphatic rings. The van der Waals surface area contributed by atoms with Crippen LogP contribution in [0.3, 0.4) is 0 Å². The summed E-state index contributed by atoms with van der Waals surface area (Å²) in [7, 11) is 0. The number of hydrogen-bond donors (Lipinski definition) is 1. The molecule has 0 unspecified atom stereocenters. The zero-order chi connectivity index (χ0) is 12.7. The number of rotatable bonds is 7. The fourth-order valence-electron chi connectivity index (χ4n) is 1.10. The van der Waals surface area contributed by atoms with Crippen molar-refractivity contribution in [3.63, 3.8) is 0 Å². The molecule has 6 nitrogen and oxygen atoms in total. The van der Waals surface area contributed by atoms with Gasteiger partial charge in [0.05, 0.1) is 29.8 Å². The van der Waals surface area contributed by atoms with E-state index < -0.39 is 4.92 Å². The summed E-state index contributed by atoms with van der Waals surface area (Å²) in [5.41, 5.74) is -0.0844. The zero-order valence-corrected chi connectivity index (χ0v) is 9.72. The molecule has 1 aromatic carbocycles. The maximum Gasteiger partial charge on any atom is 0.271 e. The Hall–Kier alpha value is -1.37. The summed E-state index contributed by atoms with van der Waals surface area (Å²) < 4.78 is 10.2. The van der Waals surface area contributed by atoms with Crippen LogP contribution in [0.15, 0.2) is 18.2 Å². The number of non-ortho nitro benzene ring substituents is 1. The van der Waals surface area contributed by atoms with Gasteiger partial charge in [0.1, 0.15) is 12.4 Å². The Morgan fingerprint density at radius 1 is 1.35 bits per heavy atom. The normalized spacial score (nSPS) is 10.2. The molecule has 0 spiro atoms. The average molecular weight is 262 g/mol. The minimum atomic E-state index is -0.528. The van der Waals surface area contributed by atoms with Gasteiger partial charge in [0, 0.05) is 12.1 Å². The van der Waals surface area contributed by atoms with Gasteiger partial charge in [0.2, 0.25) is 0 Å².